The monoisotopic (exact) mass is 504 g/mol. The number of para-hydroxylation sites is 1. The number of rotatable bonds is 12. The normalized spacial score (nSPS) is 29.7. The van der Waals surface area contributed by atoms with Gasteiger partial charge in [0.1, 0.15) is 12.7 Å². The fourth-order valence-corrected chi connectivity index (χ4v) is 5.46. The number of piperidine rings is 1. The van der Waals surface area contributed by atoms with E-state index >= 15 is 0 Å². The molecule has 1 aromatic carbocycles. The Kier molecular flexibility index (Phi) is 9.64. The van der Waals surface area contributed by atoms with Crippen LogP contribution in [0.3, 0.4) is 0 Å². The van der Waals surface area contributed by atoms with Gasteiger partial charge in [-0.2, -0.15) is 0 Å². The molecular formula is C28H44N2O6. The van der Waals surface area contributed by atoms with E-state index in [-0.39, 0.29) is 12.7 Å². The Morgan fingerprint density at radius 1 is 1.06 bits per heavy atom. The summed E-state index contributed by atoms with van der Waals surface area (Å²) in [5, 5.41) is 2.82. The van der Waals surface area contributed by atoms with Crippen molar-refractivity contribution in [2.45, 2.75) is 102 Å². The zero-order valence-electron chi connectivity index (χ0n) is 22.2. The number of fused-ring (bicyclic) bond motifs is 1. The van der Waals surface area contributed by atoms with Crippen molar-refractivity contribution in [1.82, 2.24) is 4.90 Å². The standard InChI is InChI=1S/C28H44N2O6/c1-4-5-6-7-14-19-32-21-28-25(35-27(2,3)36-28)24(23(34-28)20-30-17-12-9-13-18-30)33-26(31)29-22-15-10-8-11-16-22/h8,10-11,15-16,23-25H,4-7,9,12-14,17-21H2,1-3H3,(H,29,31)/t23-,24+,25-,28-/m0/s1. The molecular weight excluding hydrogens is 460 g/mol. The lowest BCUT2D eigenvalue weighted by Crippen LogP contribution is -2.46. The van der Waals surface area contributed by atoms with Crippen LogP contribution >= 0.6 is 0 Å². The van der Waals surface area contributed by atoms with Crippen LogP contribution in [0.15, 0.2) is 30.3 Å². The van der Waals surface area contributed by atoms with Gasteiger partial charge >= 0.3 is 6.09 Å². The number of carbonyl (C=O) groups excluding carboxylic acids is 1. The second kappa shape index (κ2) is 12.7. The number of unbranched alkanes of at least 4 members (excludes halogenated alkanes) is 4. The number of ether oxygens (including phenoxy) is 5. The molecule has 3 aliphatic rings. The minimum atomic E-state index is -1.11. The van der Waals surface area contributed by atoms with Crippen LogP contribution in [-0.2, 0) is 23.7 Å². The number of hydrogen-bond acceptors (Lipinski definition) is 7. The van der Waals surface area contributed by atoms with Crippen molar-refractivity contribution >= 4 is 11.8 Å². The number of carbonyl (C=O) groups is 1. The number of anilines is 1. The number of nitrogens with zero attached hydrogens (tertiary/aromatic N) is 1. The Bertz CT molecular complexity index is 816. The van der Waals surface area contributed by atoms with Crippen LogP contribution < -0.4 is 5.32 Å². The third kappa shape index (κ3) is 7.19. The quantitative estimate of drug-likeness (QED) is 0.386. The third-order valence-electron chi connectivity index (χ3n) is 7.12. The molecule has 0 aliphatic carbocycles. The van der Waals surface area contributed by atoms with Gasteiger partial charge in [0.15, 0.2) is 18.0 Å². The van der Waals surface area contributed by atoms with E-state index in [1.54, 1.807) is 0 Å². The highest BCUT2D eigenvalue weighted by Gasteiger charge is 2.66. The molecule has 4 atom stereocenters. The van der Waals surface area contributed by atoms with Gasteiger partial charge in [0.05, 0.1) is 0 Å². The van der Waals surface area contributed by atoms with E-state index in [1.165, 1.54) is 38.5 Å². The molecule has 3 aliphatic heterocycles. The number of likely N-dealkylation sites (tertiary alicyclic amines) is 1. The Morgan fingerprint density at radius 3 is 2.56 bits per heavy atom. The first-order valence-electron chi connectivity index (χ1n) is 13.8. The first kappa shape index (κ1) is 27.3. The zero-order valence-corrected chi connectivity index (χ0v) is 22.2. The van der Waals surface area contributed by atoms with E-state index in [0.29, 0.717) is 18.8 Å². The number of amides is 1. The van der Waals surface area contributed by atoms with Crippen LogP contribution in [0.1, 0.15) is 72.1 Å². The molecule has 0 radical (unpaired) electrons. The van der Waals surface area contributed by atoms with E-state index in [9.17, 15) is 4.79 Å². The lowest BCUT2D eigenvalue weighted by molar-refractivity contribution is -0.279. The van der Waals surface area contributed by atoms with Crippen LogP contribution in [0.2, 0.25) is 0 Å². The second-order valence-electron chi connectivity index (χ2n) is 10.7. The average molecular weight is 505 g/mol. The van der Waals surface area contributed by atoms with Crippen molar-refractivity contribution < 1.29 is 28.5 Å². The molecule has 36 heavy (non-hydrogen) atoms. The fraction of sp³-hybridized carbons (Fsp3) is 0.750. The van der Waals surface area contributed by atoms with Crippen molar-refractivity contribution in [1.29, 1.82) is 0 Å². The fourth-order valence-electron chi connectivity index (χ4n) is 5.46. The highest BCUT2D eigenvalue weighted by molar-refractivity contribution is 5.84. The van der Waals surface area contributed by atoms with Crippen LogP contribution in [0, 0.1) is 0 Å². The lowest BCUT2D eigenvalue weighted by Gasteiger charge is -2.33. The molecule has 0 bridgehead atoms. The lowest BCUT2D eigenvalue weighted by atomic mass is 10.0. The summed E-state index contributed by atoms with van der Waals surface area (Å²) in [5.41, 5.74) is 0.676. The predicted molar refractivity (Wildman–Crippen MR) is 138 cm³/mol. The maximum absolute atomic E-state index is 12.9. The molecule has 4 rings (SSSR count). The summed E-state index contributed by atoms with van der Waals surface area (Å²) in [6.45, 7) is 9.51. The molecule has 202 valence electrons. The first-order valence-corrected chi connectivity index (χ1v) is 13.8. The Hall–Kier alpha value is -1.71. The molecule has 1 N–H and O–H groups in total. The second-order valence-corrected chi connectivity index (χ2v) is 10.7. The van der Waals surface area contributed by atoms with Crippen molar-refractivity contribution in [2.24, 2.45) is 0 Å². The van der Waals surface area contributed by atoms with Gasteiger partial charge in [0, 0.05) is 18.8 Å². The van der Waals surface area contributed by atoms with E-state index < -0.39 is 29.9 Å². The van der Waals surface area contributed by atoms with Crippen LogP contribution in [0.25, 0.3) is 0 Å². The van der Waals surface area contributed by atoms with Gasteiger partial charge in [-0.3, -0.25) is 5.32 Å². The maximum atomic E-state index is 12.9. The highest BCUT2D eigenvalue weighted by Crippen LogP contribution is 2.47. The van der Waals surface area contributed by atoms with Crippen LogP contribution in [-0.4, -0.2) is 73.7 Å². The van der Waals surface area contributed by atoms with Crippen molar-refractivity contribution in [2.75, 3.05) is 38.2 Å². The minimum Gasteiger partial charge on any atom is -0.440 e. The molecule has 0 aromatic heterocycles. The topological polar surface area (TPSA) is 78.5 Å². The molecule has 1 aromatic rings. The van der Waals surface area contributed by atoms with Gasteiger partial charge in [-0.05, 0) is 58.3 Å². The average Bonchev–Trinajstić information content (AvgIpc) is 3.26. The molecule has 3 fully saturated rings. The summed E-state index contributed by atoms with van der Waals surface area (Å²) >= 11 is 0. The number of benzene rings is 1. The van der Waals surface area contributed by atoms with Gasteiger partial charge in [-0.25, -0.2) is 4.79 Å². The van der Waals surface area contributed by atoms with Crippen LogP contribution in [0.5, 0.6) is 0 Å². The number of nitrogens with one attached hydrogen (secondary N) is 1. The molecule has 8 heteroatoms. The summed E-state index contributed by atoms with van der Waals surface area (Å²) in [4.78, 5) is 15.3. The van der Waals surface area contributed by atoms with Gasteiger partial charge in [-0.15, -0.1) is 0 Å². The minimum absolute atomic E-state index is 0.242. The van der Waals surface area contributed by atoms with Crippen molar-refractivity contribution in [3.63, 3.8) is 0 Å². The first-order chi connectivity index (χ1) is 17.4. The van der Waals surface area contributed by atoms with Gasteiger partial charge in [-0.1, -0.05) is 57.2 Å². The van der Waals surface area contributed by atoms with E-state index in [4.69, 9.17) is 23.7 Å². The molecule has 0 spiro atoms. The highest BCUT2D eigenvalue weighted by atomic mass is 16.9. The summed E-state index contributed by atoms with van der Waals surface area (Å²) < 4.78 is 31.4. The van der Waals surface area contributed by atoms with Crippen molar-refractivity contribution in [3.05, 3.63) is 30.3 Å². The summed E-state index contributed by atoms with van der Waals surface area (Å²) in [6.07, 6.45) is 7.33. The van der Waals surface area contributed by atoms with Gasteiger partial charge in [0.2, 0.25) is 5.79 Å². The van der Waals surface area contributed by atoms with Crippen LogP contribution in [0.4, 0.5) is 10.5 Å². The third-order valence-corrected chi connectivity index (χ3v) is 7.12. The predicted octanol–water partition coefficient (Wildman–Crippen LogP) is 5.32. The molecule has 8 nitrogen and oxygen atoms in total. The van der Waals surface area contributed by atoms with E-state index in [1.807, 2.05) is 44.2 Å². The summed E-state index contributed by atoms with van der Waals surface area (Å²) in [6, 6.07) is 9.30. The van der Waals surface area contributed by atoms with E-state index in [2.05, 4.69) is 17.1 Å². The SMILES string of the molecule is CCCCCCCOC[C@@]12O[C@@H](CN3CCCCC3)[C@@H](OC(=O)Nc3ccccc3)[C@@H]1OC(C)(C)O2. The maximum Gasteiger partial charge on any atom is 0.412 e. The summed E-state index contributed by atoms with van der Waals surface area (Å²) in [5.74, 6) is -1.98. The Morgan fingerprint density at radius 2 is 1.81 bits per heavy atom. The van der Waals surface area contributed by atoms with E-state index in [0.717, 1.165) is 25.9 Å². The Balaban J connectivity index is 1.45. The Labute approximate surface area is 215 Å². The molecule has 0 unspecified atom stereocenters. The molecule has 3 heterocycles. The zero-order chi connectivity index (χ0) is 25.4. The molecule has 3 saturated heterocycles. The summed E-state index contributed by atoms with van der Waals surface area (Å²) in [7, 11) is 0. The number of hydrogen-bond donors (Lipinski definition) is 1. The smallest absolute Gasteiger partial charge is 0.412 e. The van der Waals surface area contributed by atoms with Gasteiger partial charge < -0.3 is 28.6 Å². The van der Waals surface area contributed by atoms with Gasteiger partial charge in [0.25, 0.3) is 0 Å². The molecule has 0 saturated carbocycles. The largest absolute Gasteiger partial charge is 0.440 e. The molecule has 1 amide bonds. The van der Waals surface area contributed by atoms with Crippen molar-refractivity contribution in [3.8, 4) is 0 Å².